The van der Waals surface area contributed by atoms with Crippen molar-refractivity contribution in [1.82, 2.24) is 19.6 Å². The molecule has 3 rings (SSSR count). The first kappa shape index (κ1) is 11.7. The lowest BCUT2D eigenvalue weighted by molar-refractivity contribution is 0.255. The predicted octanol–water partition coefficient (Wildman–Crippen LogP) is 2.42. The van der Waals surface area contributed by atoms with Crippen LogP contribution in [0.25, 0.3) is 5.65 Å². The first-order chi connectivity index (χ1) is 9.22. The molecule has 0 fully saturated rings. The van der Waals surface area contributed by atoms with Crippen LogP contribution in [0.1, 0.15) is 31.4 Å². The highest BCUT2D eigenvalue weighted by molar-refractivity contribution is 5.37. The van der Waals surface area contributed by atoms with Gasteiger partial charge in [0.25, 0.3) is 0 Å². The molecular weight excluding hydrogens is 244 g/mol. The Balaban J connectivity index is 1.70. The van der Waals surface area contributed by atoms with E-state index in [1.165, 1.54) is 0 Å². The standard InChI is InChI=1S/C13H14N4O2/c1-9(2)11-6-15-13(19-11)8-18-10-5-14-12-3-4-16-17(12)7-10/h3-7,9H,8H2,1-2H3. The van der Waals surface area contributed by atoms with E-state index in [0.29, 0.717) is 17.6 Å². The highest BCUT2D eigenvalue weighted by Crippen LogP contribution is 2.17. The molecular formula is C13H14N4O2. The molecule has 19 heavy (non-hydrogen) atoms. The summed E-state index contributed by atoms with van der Waals surface area (Å²) >= 11 is 0. The highest BCUT2D eigenvalue weighted by Gasteiger charge is 2.08. The third-order valence-corrected chi connectivity index (χ3v) is 2.73. The zero-order valence-electron chi connectivity index (χ0n) is 10.8. The van der Waals surface area contributed by atoms with Gasteiger partial charge in [-0.15, -0.1) is 0 Å². The molecule has 0 N–H and O–H groups in total. The van der Waals surface area contributed by atoms with E-state index in [-0.39, 0.29) is 6.61 Å². The minimum absolute atomic E-state index is 0.279. The van der Waals surface area contributed by atoms with Crippen molar-refractivity contribution in [3.8, 4) is 5.75 Å². The molecule has 3 aromatic heterocycles. The summed E-state index contributed by atoms with van der Waals surface area (Å²) in [7, 11) is 0. The van der Waals surface area contributed by atoms with Crippen LogP contribution in [0.2, 0.25) is 0 Å². The van der Waals surface area contributed by atoms with Gasteiger partial charge < -0.3 is 9.15 Å². The molecule has 0 aliphatic heterocycles. The van der Waals surface area contributed by atoms with Gasteiger partial charge in [-0.2, -0.15) is 5.10 Å². The summed E-state index contributed by atoms with van der Waals surface area (Å²) in [4.78, 5) is 8.38. The van der Waals surface area contributed by atoms with Gasteiger partial charge in [-0.3, -0.25) is 0 Å². The second kappa shape index (κ2) is 4.72. The van der Waals surface area contributed by atoms with Crippen molar-refractivity contribution in [3.05, 3.63) is 42.5 Å². The molecule has 98 valence electrons. The lowest BCUT2D eigenvalue weighted by atomic mass is 10.2. The largest absolute Gasteiger partial charge is 0.481 e. The Morgan fingerprint density at radius 1 is 1.32 bits per heavy atom. The summed E-state index contributed by atoms with van der Waals surface area (Å²) < 4.78 is 12.8. The number of rotatable bonds is 4. The number of aromatic nitrogens is 4. The van der Waals surface area contributed by atoms with Gasteiger partial charge in [-0.1, -0.05) is 13.8 Å². The van der Waals surface area contributed by atoms with Crippen molar-refractivity contribution in [3.63, 3.8) is 0 Å². The molecule has 0 aromatic carbocycles. The molecule has 6 heteroatoms. The first-order valence-electron chi connectivity index (χ1n) is 6.09. The van der Waals surface area contributed by atoms with E-state index in [0.717, 1.165) is 11.4 Å². The van der Waals surface area contributed by atoms with Gasteiger partial charge in [0, 0.05) is 12.0 Å². The molecule has 3 heterocycles. The topological polar surface area (TPSA) is 65.5 Å². The van der Waals surface area contributed by atoms with Crippen LogP contribution in [0, 0.1) is 0 Å². The molecule has 0 unspecified atom stereocenters. The molecule has 3 aromatic rings. The van der Waals surface area contributed by atoms with Crippen molar-refractivity contribution >= 4 is 5.65 Å². The van der Waals surface area contributed by atoms with Crippen molar-refractivity contribution in [2.45, 2.75) is 26.4 Å². The third kappa shape index (κ3) is 2.42. The van der Waals surface area contributed by atoms with Crippen LogP contribution in [0.4, 0.5) is 0 Å². The Kier molecular flexibility index (Phi) is 2.91. The SMILES string of the molecule is CC(C)c1cnc(COc2cnc3ccnn3c2)o1. The Hall–Kier alpha value is -2.37. The summed E-state index contributed by atoms with van der Waals surface area (Å²) in [5.41, 5.74) is 0.783. The van der Waals surface area contributed by atoms with Crippen LogP contribution >= 0.6 is 0 Å². The van der Waals surface area contributed by atoms with Crippen molar-refractivity contribution in [1.29, 1.82) is 0 Å². The van der Waals surface area contributed by atoms with Gasteiger partial charge in [-0.05, 0) is 0 Å². The summed E-state index contributed by atoms with van der Waals surface area (Å²) in [5.74, 6) is 2.37. The molecule has 6 nitrogen and oxygen atoms in total. The number of ether oxygens (including phenoxy) is 1. The highest BCUT2D eigenvalue weighted by atomic mass is 16.5. The number of fused-ring (bicyclic) bond motifs is 1. The van der Waals surface area contributed by atoms with Gasteiger partial charge in [0.1, 0.15) is 5.76 Å². The number of oxazole rings is 1. The maximum Gasteiger partial charge on any atom is 0.232 e. The zero-order valence-corrected chi connectivity index (χ0v) is 10.8. The van der Waals surface area contributed by atoms with Crippen molar-refractivity contribution in [2.24, 2.45) is 0 Å². The van der Waals surface area contributed by atoms with Crippen LogP contribution in [0.5, 0.6) is 5.75 Å². The summed E-state index contributed by atoms with van der Waals surface area (Å²) in [6.07, 6.45) is 6.85. The number of nitrogens with zero attached hydrogens (tertiary/aromatic N) is 4. The smallest absolute Gasteiger partial charge is 0.232 e. The van der Waals surface area contributed by atoms with E-state index in [1.807, 2.05) is 6.07 Å². The van der Waals surface area contributed by atoms with Crippen LogP contribution in [0.3, 0.4) is 0 Å². The first-order valence-corrected chi connectivity index (χ1v) is 6.09. The minimum atomic E-state index is 0.279. The minimum Gasteiger partial charge on any atom is -0.481 e. The molecule has 0 amide bonds. The molecule has 0 atom stereocenters. The van der Waals surface area contributed by atoms with E-state index >= 15 is 0 Å². The summed E-state index contributed by atoms with van der Waals surface area (Å²) in [5, 5.41) is 4.10. The fourth-order valence-electron chi connectivity index (χ4n) is 1.67. The second-order valence-corrected chi connectivity index (χ2v) is 4.52. The van der Waals surface area contributed by atoms with Gasteiger partial charge >= 0.3 is 0 Å². The van der Waals surface area contributed by atoms with Crippen LogP contribution in [-0.4, -0.2) is 19.6 Å². The van der Waals surface area contributed by atoms with Crippen molar-refractivity contribution in [2.75, 3.05) is 0 Å². The lowest BCUT2D eigenvalue weighted by Gasteiger charge is -2.03. The molecule has 0 bridgehead atoms. The Labute approximate surface area is 110 Å². The van der Waals surface area contributed by atoms with E-state index < -0.39 is 0 Å². The number of hydrogen-bond donors (Lipinski definition) is 0. The van der Waals surface area contributed by atoms with Gasteiger partial charge in [0.2, 0.25) is 5.89 Å². The monoisotopic (exact) mass is 258 g/mol. The average Bonchev–Trinajstić information content (AvgIpc) is 3.04. The van der Waals surface area contributed by atoms with Crippen molar-refractivity contribution < 1.29 is 9.15 Å². The Morgan fingerprint density at radius 2 is 2.21 bits per heavy atom. The lowest BCUT2D eigenvalue weighted by Crippen LogP contribution is -1.98. The van der Waals surface area contributed by atoms with Crippen LogP contribution in [-0.2, 0) is 6.61 Å². The molecule has 0 aliphatic rings. The third-order valence-electron chi connectivity index (χ3n) is 2.73. The van der Waals surface area contributed by atoms with Crippen LogP contribution < -0.4 is 4.74 Å². The fourth-order valence-corrected chi connectivity index (χ4v) is 1.67. The summed E-state index contributed by atoms with van der Waals surface area (Å²) in [6.45, 7) is 4.39. The molecule has 0 saturated carbocycles. The van der Waals surface area contributed by atoms with E-state index in [1.54, 1.807) is 29.3 Å². The van der Waals surface area contributed by atoms with Crippen LogP contribution in [0.15, 0.2) is 35.3 Å². The quantitative estimate of drug-likeness (QED) is 0.719. The maximum atomic E-state index is 5.58. The maximum absolute atomic E-state index is 5.58. The Bertz CT molecular complexity index is 687. The van der Waals surface area contributed by atoms with Gasteiger partial charge in [0.05, 0.1) is 24.8 Å². The molecule has 0 saturated heterocycles. The summed E-state index contributed by atoms with van der Waals surface area (Å²) in [6, 6.07) is 1.83. The van der Waals surface area contributed by atoms with Gasteiger partial charge in [-0.25, -0.2) is 14.5 Å². The second-order valence-electron chi connectivity index (χ2n) is 4.52. The zero-order chi connectivity index (χ0) is 13.2. The number of hydrogen-bond acceptors (Lipinski definition) is 5. The van der Waals surface area contributed by atoms with E-state index in [2.05, 4.69) is 28.9 Å². The van der Waals surface area contributed by atoms with E-state index in [9.17, 15) is 0 Å². The normalized spacial score (nSPS) is 11.3. The fraction of sp³-hybridized carbons (Fsp3) is 0.308. The van der Waals surface area contributed by atoms with E-state index in [4.69, 9.17) is 9.15 Å². The predicted molar refractivity (Wildman–Crippen MR) is 67.9 cm³/mol. The molecule has 0 aliphatic carbocycles. The average molecular weight is 258 g/mol. The van der Waals surface area contributed by atoms with Gasteiger partial charge in [0.15, 0.2) is 18.0 Å². The molecule has 0 spiro atoms. The Morgan fingerprint density at radius 3 is 3.00 bits per heavy atom. The molecule has 0 radical (unpaired) electrons.